The lowest BCUT2D eigenvalue weighted by atomic mass is 9.97. The molecule has 8 heteroatoms. The molecule has 0 bridgehead atoms. The second kappa shape index (κ2) is 17.1. The number of rotatable bonds is 8. The van der Waals surface area contributed by atoms with Crippen LogP contribution in [0.15, 0.2) is 206 Å². The Morgan fingerprint density at radius 1 is 0.328 bits per heavy atom. The SMILES string of the molecule is N#Cc1ccc(-c2ccc3c4ccccc4n(-c4c(-c5nc(-c6ccccc6)cc(-c6ccccc6)n5)cc(C#N)cc4-c4nc(-c5ccccc5)cc(-c5ccccc5)n4)c3c2)c(C#N)c1. The van der Waals surface area contributed by atoms with Crippen molar-refractivity contribution in [2.24, 2.45) is 0 Å². The first-order valence-electron chi connectivity index (χ1n) is 21.6. The van der Waals surface area contributed by atoms with Gasteiger partial charge in [0.25, 0.3) is 0 Å². The van der Waals surface area contributed by atoms with E-state index in [1.54, 1.807) is 12.1 Å². The van der Waals surface area contributed by atoms with Crippen LogP contribution in [0.25, 0.3) is 106 Å². The van der Waals surface area contributed by atoms with E-state index >= 15 is 0 Å². The molecule has 0 unspecified atom stereocenters. The van der Waals surface area contributed by atoms with Crippen molar-refractivity contribution in [2.45, 2.75) is 0 Å². The Hall–Kier alpha value is -9.81. The number of benzene rings is 8. The molecule has 310 valence electrons. The van der Waals surface area contributed by atoms with Gasteiger partial charge in [-0.25, -0.2) is 19.9 Å². The minimum atomic E-state index is 0.372. The van der Waals surface area contributed by atoms with Crippen molar-refractivity contribution in [2.75, 3.05) is 0 Å². The van der Waals surface area contributed by atoms with Crippen LogP contribution in [-0.4, -0.2) is 24.5 Å². The van der Waals surface area contributed by atoms with Gasteiger partial charge in [-0.15, -0.1) is 0 Å². The van der Waals surface area contributed by atoms with Gasteiger partial charge < -0.3 is 4.57 Å². The molecule has 11 aromatic rings. The zero-order valence-electron chi connectivity index (χ0n) is 35.7. The minimum Gasteiger partial charge on any atom is -0.308 e. The van der Waals surface area contributed by atoms with Crippen LogP contribution < -0.4 is 0 Å². The summed E-state index contributed by atoms with van der Waals surface area (Å²) in [5.41, 5.74) is 12.7. The lowest BCUT2D eigenvalue weighted by molar-refractivity contribution is 1.12. The molecule has 67 heavy (non-hydrogen) atoms. The molecule has 8 nitrogen and oxygen atoms in total. The summed E-state index contributed by atoms with van der Waals surface area (Å²) in [5, 5.41) is 32.9. The Bertz CT molecular complexity index is 3560. The van der Waals surface area contributed by atoms with Crippen molar-refractivity contribution in [3.8, 4) is 103 Å². The molecule has 0 saturated carbocycles. The van der Waals surface area contributed by atoms with Gasteiger partial charge in [0.15, 0.2) is 11.6 Å². The highest BCUT2D eigenvalue weighted by atomic mass is 15.0. The fourth-order valence-electron chi connectivity index (χ4n) is 8.78. The Morgan fingerprint density at radius 3 is 1.24 bits per heavy atom. The maximum atomic E-state index is 10.9. The van der Waals surface area contributed by atoms with Crippen LogP contribution in [0.4, 0.5) is 0 Å². The predicted molar refractivity (Wildman–Crippen MR) is 264 cm³/mol. The monoisotopic (exact) mass is 854 g/mol. The van der Waals surface area contributed by atoms with Gasteiger partial charge in [0.1, 0.15) is 0 Å². The molecule has 0 radical (unpaired) electrons. The number of nitriles is 3. The van der Waals surface area contributed by atoms with Crippen molar-refractivity contribution < 1.29 is 0 Å². The Labute approximate surface area is 386 Å². The number of nitrogens with zero attached hydrogens (tertiary/aromatic N) is 8. The second-order valence-corrected chi connectivity index (χ2v) is 16.0. The molecule has 0 amide bonds. The van der Waals surface area contributed by atoms with E-state index in [0.717, 1.165) is 49.6 Å². The van der Waals surface area contributed by atoms with Crippen molar-refractivity contribution in [1.82, 2.24) is 24.5 Å². The molecule has 0 atom stereocenters. The largest absolute Gasteiger partial charge is 0.308 e. The highest BCUT2D eigenvalue weighted by Crippen LogP contribution is 2.43. The van der Waals surface area contributed by atoms with E-state index in [-0.39, 0.29) is 0 Å². The first kappa shape index (κ1) is 40.0. The third-order valence-electron chi connectivity index (χ3n) is 11.9. The Balaban J connectivity index is 1.30. The van der Waals surface area contributed by atoms with E-state index in [9.17, 15) is 15.8 Å². The summed E-state index contributed by atoms with van der Waals surface area (Å²) in [7, 11) is 0. The summed E-state index contributed by atoms with van der Waals surface area (Å²) < 4.78 is 2.19. The maximum Gasteiger partial charge on any atom is 0.162 e. The van der Waals surface area contributed by atoms with Crippen molar-refractivity contribution in [1.29, 1.82) is 15.8 Å². The average Bonchev–Trinajstić information content (AvgIpc) is 3.74. The number of para-hydroxylation sites is 1. The standard InChI is InChI=1S/C59H34N8/c60-35-38-25-27-46(45(29-38)37-62)44-26-28-48-47-23-13-14-24-55(47)67(56(48)32-44)57-49(58-63-51(40-15-5-1-6-16-40)33-52(64-58)41-17-7-2-8-18-41)30-39(36-61)31-50(57)59-65-53(42-19-9-3-10-20-42)34-54(66-59)43-21-11-4-12-22-43/h1-34H. The van der Waals surface area contributed by atoms with Crippen LogP contribution >= 0.6 is 0 Å². The zero-order valence-corrected chi connectivity index (χ0v) is 35.7. The van der Waals surface area contributed by atoms with Crippen LogP contribution in [0, 0.1) is 34.0 Å². The van der Waals surface area contributed by atoms with Gasteiger partial charge in [0, 0.05) is 44.2 Å². The molecule has 8 aromatic carbocycles. The highest BCUT2D eigenvalue weighted by molar-refractivity contribution is 6.11. The molecule has 0 aliphatic rings. The minimum absolute atomic E-state index is 0.372. The van der Waals surface area contributed by atoms with Gasteiger partial charge in [-0.1, -0.05) is 158 Å². The van der Waals surface area contributed by atoms with Crippen molar-refractivity contribution in [3.63, 3.8) is 0 Å². The normalized spacial score (nSPS) is 10.9. The van der Waals surface area contributed by atoms with Gasteiger partial charge in [0.05, 0.1) is 74.4 Å². The number of fused-ring (bicyclic) bond motifs is 3. The summed E-state index contributed by atoms with van der Waals surface area (Å²) >= 11 is 0. The maximum absolute atomic E-state index is 10.9. The lowest BCUT2D eigenvalue weighted by Gasteiger charge is -2.20. The Morgan fingerprint density at radius 2 is 0.776 bits per heavy atom. The van der Waals surface area contributed by atoms with Crippen molar-refractivity contribution >= 4 is 21.8 Å². The van der Waals surface area contributed by atoms with Crippen LogP contribution in [0.1, 0.15) is 16.7 Å². The summed E-state index contributed by atoms with van der Waals surface area (Å²) in [4.78, 5) is 21.4. The molecule has 3 aromatic heterocycles. The molecular weight excluding hydrogens is 821 g/mol. The number of hydrogen-bond donors (Lipinski definition) is 0. The molecule has 0 aliphatic heterocycles. The molecule has 0 aliphatic carbocycles. The van der Waals surface area contributed by atoms with Gasteiger partial charge >= 0.3 is 0 Å². The first-order chi connectivity index (χ1) is 33.1. The molecule has 0 spiro atoms. The topological polar surface area (TPSA) is 128 Å². The van der Waals surface area contributed by atoms with Gasteiger partial charge in [0.2, 0.25) is 0 Å². The van der Waals surface area contributed by atoms with Crippen LogP contribution in [0.2, 0.25) is 0 Å². The zero-order chi connectivity index (χ0) is 45.3. The highest BCUT2D eigenvalue weighted by Gasteiger charge is 2.26. The van der Waals surface area contributed by atoms with Crippen molar-refractivity contribution in [3.05, 3.63) is 223 Å². The smallest absolute Gasteiger partial charge is 0.162 e. The average molecular weight is 855 g/mol. The molecule has 0 fully saturated rings. The second-order valence-electron chi connectivity index (χ2n) is 16.0. The van der Waals surface area contributed by atoms with E-state index in [1.165, 1.54) is 0 Å². The van der Waals surface area contributed by atoms with Gasteiger partial charge in [-0.3, -0.25) is 0 Å². The quantitative estimate of drug-likeness (QED) is 0.149. The predicted octanol–water partition coefficient (Wildman–Crippen LogP) is 13.6. The summed E-state index contributed by atoms with van der Waals surface area (Å²) in [5.74, 6) is 0.800. The van der Waals surface area contributed by atoms with Gasteiger partial charge in [-0.05, 0) is 59.7 Å². The van der Waals surface area contributed by atoms with Crippen LogP contribution in [0.5, 0.6) is 0 Å². The number of aromatic nitrogens is 5. The third kappa shape index (κ3) is 7.41. The van der Waals surface area contributed by atoms with Crippen LogP contribution in [0.3, 0.4) is 0 Å². The fraction of sp³-hybridized carbons (Fsp3) is 0. The van der Waals surface area contributed by atoms with E-state index in [1.807, 2.05) is 170 Å². The van der Waals surface area contributed by atoms with E-state index in [2.05, 4.69) is 47.0 Å². The molecular formula is C59H34N8. The summed E-state index contributed by atoms with van der Waals surface area (Å²) in [6, 6.07) is 74.2. The number of hydrogen-bond acceptors (Lipinski definition) is 7. The van der Waals surface area contributed by atoms with E-state index in [4.69, 9.17) is 19.9 Å². The third-order valence-corrected chi connectivity index (χ3v) is 11.9. The summed E-state index contributed by atoms with van der Waals surface area (Å²) in [6.07, 6.45) is 0. The van der Waals surface area contributed by atoms with E-state index < -0.39 is 0 Å². The summed E-state index contributed by atoms with van der Waals surface area (Å²) in [6.45, 7) is 0. The van der Waals surface area contributed by atoms with E-state index in [0.29, 0.717) is 73.5 Å². The van der Waals surface area contributed by atoms with Crippen LogP contribution in [-0.2, 0) is 0 Å². The van der Waals surface area contributed by atoms with Gasteiger partial charge in [-0.2, -0.15) is 15.8 Å². The Kier molecular flexibility index (Phi) is 10.2. The molecule has 0 N–H and O–H groups in total. The molecule has 11 rings (SSSR count). The lowest BCUT2D eigenvalue weighted by Crippen LogP contribution is -2.06. The molecule has 3 heterocycles. The first-order valence-corrected chi connectivity index (χ1v) is 21.6. The fourth-order valence-corrected chi connectivity index (χ4v) is 8.78. The molecule has 0 saturated heterocycles.